The van der Waals surface area contributed by atoms with E-state index in [4.69, 9.17) is 28.3 Å². The van der Waals surface area contributed by atoms with Crippen molar-refractivity contribution in [2.24, 2.45) is 0 Å². The van der Waals surface area contributed by atoms with Crippen LogP contribution in [0.3, 0.4) is 0 Å². The van der Waals surface area contributed by atoms with Gasteiger partial charge in [0.25, 0.3) is 11.8 Å². The number of pyridine rings is 1. The molecular weight excluding hydrogens is 656 g/mol. The Morgan fingerprint density at radius 1 is 1.18 bits per heavy atom. The van der Waals surface area contributed by atoms with Gasteiger partial charge in [0.15, 0.2) is 0 Å². The Labute approximate surface area is 268 Å². The summed E-state index contributed by atoms with van der Waals surface area (Å²) < 4.78 is 68.9. The topological polar surface area (TPSA) is 118 Å². The quantitative estimate of drug-likeness (QED) is 0.305. The number of carbonyl (C=O) groups excluding carboxylic acids is 2. The van der Waals surface area contributed by atoms with Crippen molar-refractivity contribution in [3.05, 3.63) is 75.2 Å². The van der Waals surface area contributed by atoms with Crippen LogP contribution in [0.1, 0.15) is 82.5 Å². The van der Waals surface area contributed by atoms with Crippen molar-refractivity contribution in [2.75, 3.05) is 22.9 Å². The van der Waals surface area contributed by atoms with E-state index in [1.165, 1.54) is 23.2 Å². The number of amides is 2. The normalized spacial score (nSPS) is 19.2. The minimum atomic E-state index is -4.73. The molecule has 2 aliphatic rings. The minimum Gasteiger partial charge on any atom is -0.331 e. The van der Waals surface area contributed by atoms with E-state index >= 15 is 0 Å². The van der Waals surface area contributed by atoms with E-state index in [9.17, 15) is 31.2 Å². The van der Waals surface area contributed by atoms with Crippen molar-refractivity contribution in [2.45, 2.75) is 64.5 Å². The molecule has 3 aromatic rings. The van der Waals surface area contributed by atoms with Crippen LogP contribution in [-0.4, -0.2) is 69.0 Å². The summed E-state index contributed by atoms with van der Waals surface area (Å²) in [6.45, 7) is 5.87. The molecule has 0 saturated heterocycles. The van der Waals surface area contributed by atoms with Crippen molar-refractivity contribution in [1.82, 2.24) is 24.6 Å². The van der Waals surface area contributed by atoms with E-state index in [1.807, 2.05) is 13.8 Å². The molecule has 2 aromatic heterocycles. The number of benzene rings is 1. The number of nitrogens with one attached hydrogen (secondary N) is 1. The lowest BCUT2D eigenvalue weighted by molar-refractivity contribution is -0.137. The average Bonchev–Trinajstić information content (AvgIpc) is 3.36. The van der Waals surface area contributed by atoms with Gasteiger partial charge < -0.3 is 9.80 Å². The Kier molecular flexibility index (Phi) is 9.13. The fraction of sp³-hybridized carbons (Fsp3) is 0.448. The zero-order valence-corrected chi connectivity index (χ0v) is 26.9. The van der Waals surface area contributed by atoms with Crippen LogP contribution in [0, 0.1) is 0 Å². The van der Waals surface area contributed by atoms with Crippen LogP contribution in [0.2, 0.25) is 5.02 Å². The molecule has 0 bridgehead atoms. The second-order valence-corrected chi connectivity index (χ2v) is 13.9. The summed E-state index contributed by atoms with van der Waals surface area (Å²) in [7, 11) is -3.60. The Balaban J connectivity index is 1.39. The summed E-state index contributed by atoms with van der Waals surface area (Å²) in [6, 6.07) is 5.25. The van der Waals surface area contributed by atoms with Gasteiger partial charge in [-0.15, -0.1) is 11.6 Å². The second kappa shape index (κ2) is 12.4. The molecule has 1 aromatic carbocycles. The molecule has 1 N–H and O–H groups in total. The molecule has 0 radical (unpaired) electrons. The number of anilines is 1. The number of halogens is 5. The number of alkyl halides is 4. The molecule has 3 atom stereocenters. The zero-order chi connectivity index (χ0) is 32.8. The molecule has 45 heavy (non-hydrogen) atoms. The van der Waals surface area contributed by atoms with Crippen molar-refractivity contribution in [1.29, 1.82) is 0 Å². The number of rotatable bonds is 8. The summed E-state index contributed by atoms with van der Waals surface area (Å²) in [4.78, 5) is 34.8. The molecule has 0 fully saturated rings. The number of sulfonamides is 1. The van der Waals surface area contributed by atoms with E-state index < -0.39 is 38.7 Å². The molecule has 0 aliphatic carbocycles. The number of aromatic nitrogens is 3. The summed E-state index contributed by atoms with van der Waals surface area (Å²) in [6.07, 6.45) is -2.60. The number of carbonyl (C=O) groups is 2. The van der Waals surface area contributed by atoms with Crippen LogP contribution >= 0.6 is 23.2 Å². The lowest BCUT2D eigenvalue weighted by atomic mass is 9.96. The number of hydrogen-bond donors (Lipinski definition) is 1. The third kappa shape index (κ3) is 6.63. The fourth-order valence-electron chi connectivity index (χ4n) is 5.68. The zero-order valence-electron chi connectivity index (χ0n) is 24.6. The molecule has 2 aliphatic heterocycles. The van der Waals surface area contributed by atoms with Gasteiger partial charge in [-0.25, -0.2) is 13.4 Å². The maximum Gasteiger partial charge on any atom is 0.417 e. The lowest BCUT2D eigenvalue weighted by Crippen LogP contribution is -2.45. The van der Waals surface area contributed by atoms with E-state index in [-0.39, 0.29) is 47.5 Å². The molecule has 1 unspecified atom stereocenters. The first kappa shape index (κ1) is 33.0. The van der Waals surface area contributed by atoms with Gasteiger partial charge in [0.1, 0.15) is 11.5 Å². The van der Waals surface area contributed by atoms with Gasteiger partial charge >= 0.3 is 6.18 Å². The first-order chi connectivity index (χ1) is 21.1. The summed E-state index contributed by atoms with van der Waals surface area (Å²) in [5.74, 6) is -0.694. The van der Waals surface area contributed by atoms with Crippen molar-refractivity contribution >= 4 is 50.9 Å². The first-order valence-corrected chi connectivity index (χ1v) is 16.8. The Morgan fingerprint density at radius 2 is 1.91 bits per heavy atom. The van der Waals surface area contributed by atoms with Crippen LogP contribution < -0.4 is 4.72 Å². The van der Waals surface area contributed by atoms with Gasteiger partial charge in [0.05, 0.1) is 40.7 Å². The maximum atomic E-state index is 14.0. The summed E-state index contributed by atoms with van der Waals surface area (Å²) >= 11 is 11.4. The second-order valence-electron chi connectivity index (χ2n) is 11.3. The molecule has 0 saturated carbocycles. The van der Waals surface area contributed by atoms with Gasteiger partial charge in [-0.2, -0.15) is 18.3 Å². The molecule has 5 rings (SSSR count). The third-order valence-corrected chi connectivity index (χ3v) is 10.0. The van der Waals surface area contributed by atoms with E-state index in [0.717, 1.165) is 12.1 Å². The van der Waals surface area contributed by atoms with Gasteiger partial charge in [0.2, 0.25) is 10.0 Å². The van der Waals surface area contributed by atoms with Gasteiger partial charge in [-0.1, -0.05) is 17.7 Å². The molecule has 10 nitrogen and oxygen atoms in total. The predicted octanol–water partition coefficient (Wildman–Crippen LogP) is 5.69. The molecule has 2 amide bonds. The molecule has 4 heterocycles. The number of nitrogens with zero attached hydrogens (tertiary/aromatic N) is 5. The van der Waals surface area contributed by atoms with Crippen molar-refractivity contribution in [3.63, 3.8) is 0 Å². The first-order valence-electron chi connectivity index (χ1n) is 14.2. The minimum absolute atomic E-state index is 0.00452. The molecular formula is C29H31Cl2F3N6O4S. The van der Waals surface area contributed by atoms with Gasteiger partial charge in [-0.3, -0.25) is 19.0 Å². The number of hydrogen-bond acceptors (Lipinski definition) is 6. The highest BCUT2D eigenvalue weighted by molar-refractivity contribution is 7.92. The third-order valence-electron chi connectivity index (χ3n) is 8.11. The van der Waals surface area contributed by atoms with E-state index in [1.54, 1.807) is 22.6 Å². The highest BCUT2D eigenvalue weighted by Gasteiger charge is 2.41. The molecule has 242 valence electrons. The van der Waals surface area contributed by atoms with Crippen LogP contribution in [0.4, 0.5) is 19.0 Å². The van der Waals surface area contributed by atoms with Crippen LogP contribution in [-0.2, 0) is 29.2 Å². The largest absolute Gasteiger partial charge is 0.417 e. The smallest absolute Gasteiger partial charge is 0.331 e. The Bertz CT molecular complexity index is 1730. The van der Waals surface area contributed by atoms with Crippen molar-refractivity contribution in [3.8, 4) is 0 Å². The van der Waals surface area contributed by atoms with Crippen LogP contribution in [0.5, 0.6) is 0 Å². The van der Waals surface area contributed by atoms with E-state index in [2.05, 4.69) is 9.71 Å². The van der Waals surface area contributed by atoms with Crippen LogP contribution in [0.15, 0.2) is 36.5 Å². The number of fused-ring (bicyclic) bond motifs is 3. The predicted molar refractivity (Wildman–Crippen MR) is 163 cm³/mol. The van der Waals surface area contributed by atoms with Crippen molar-refractivity contribution < 1.29 is 31.2 Å². The highest BCUT2D eigenvalue weighted by atomic mass is 35.5. The van der Waals surface area contributed by atoms with Gasteiger partial charge in [-0.05, 0) is 57.0 Å². The van der Waals surface area contributed by atoms with Gasteiger partial charge in [0, 0.05) is 42.2 Å². The van der Waals surface area contributed by atoms with Crippen LogP contribution in [0.25, 0.3) is 0 Å². The Hall–Kier alpha value is -3.36. The highest BCUT2D eigenvalue weighted by Crippen LogP contribution is 2.37. The standard InChI is InChI=1S/C29H31Cl2F3N6O4S/c1-16-11-24-21(15-38(16)27(41)19-5-7-23(31)22(12-19)29(32,33)34)26-28(42)39(14-17(2)40(26)36-24)18(3)20-6-8-25(35-13-20)37-45(43,44)10-4-9-30/h5-8,12-13,16-18H,4,9-11,14-15H2,1-3H3,(H,35,37)/t16-,17-,18?/m1/s1. The summed E-state index contributed by atoms with van der Waals surface area (Å²) in [5.41, 5.74) is 0.966. The monoisotopic (exact) mass is 686 g/mol. The lowest BCUT2D eigenvalue weighted by Gasteiger charge is -2.37. The van der Waals surface area contributed by atoms with E-state index in [0.29, 0.717) is 41.9 Å². The fourth-order valence-corrected chi connectivity index (χ4v) is 7.27. The molecule has 16 heteroatoms. The maximum absolute atomic E-state index is 14.0. The SMILES string of the molecule is CC(c1ccc(NS(=O)(=O)CCCCl)nc1)N1C[C@@H](C)n2nc3c(c2C1=O)CN(C(=O)c1ccc(Cl)c(C(F)(F)F)c1)[C@H](C)C3. The Morgan fingerprint density at radius 3 is 2.56 bits per heavy atom. The average molecular weight is 688 g/mol. The summed E-state index contributed by atoms with van der Waals surface area (Å²) in [5, 5.41) is 4.21. The molecule has 0 spiro atoms.